The van der Waals surface area contributed by atoms with E-state index in [1.165, 1.54) is 12.8 Å². The van der Waals surface area contributed by atoms with Crippen molar-refractivity contribution in [2.75, 3.05) is 0 Å². The molecule has 5 heteroatoms. The number of hydroxylamine groups is 1. The lowest BCUT2D eigenvalue weighted by Gasteiger charge is -2.42. The van der Waals surface area contributed by atoms with Gasteiger partial charge in [0.1, 0.15) is 5.70 Å². The predicted molar refractivity (Wildman–Crippen MR) is 98.9 cm³/mol. The topological polar surface area (TPSA) is 67.4 Å². The number of amides is 1. The van der Waals surface area contributed by atoms with Gasteiger partial charge in [-0.25, -0.2) is 10.3 Å². The Hall–Kier alpha value is -1.52. The molecule has 0 aromatic heterocycles. The van der Waals surface area contributed by atoms with Crippen LogP contribution in [0.25, 0.3) is 0 Å². The van der Waals surface area contributed by atoms with Crippen LogP contribution < -0.4 is 10.8 Å². The lowest BCUT2D eigenvalue weighted by atomic mass is 9.68. The number of hydrogen-bond donors (Lipinski definition) is 2. The average Bonchev–Trinajstić information content (AvgIpc) is 3.14. The largest absolute Gasteiger partial charge is 0.431 e. The summed E-state index contributed by atoms with van der Waals surface area (Å²) in [4.78, 5) is 30.6. The molecule has 2 N–H and O–H groups in total. The Bertz CT molecular complexity index is 718. The van der Waals surface area contributed by atoms with Crippen LogP contribution in [-0.4, -0.2) is 17.9 Å². The Labute approximate surface area is 156 Å². The van der Waals surface area contributed by atoms with Gasteiger partial charge in [-0.3, -0.25) is 4.79 Å². The summed E-state index contributed by atoms with van der Waals surface area (Å²) in [5.74, 6) is 0.729. The van der Waals surface area contributed by atoms with Gasteiger partial charge in [-0.1, -0.05) is 41.5 Å². The van der Waals surface area contributed by atoms with Crippen molar-refractivity contribution in [1.29, 1.82) is 0 Å². The number of hydrogen-bond acceptors (Lipinski definition) is 4. The number of allylic oxidation sites excluding steroid dienone is 2. The molecule has 0 aromatic rings. The van der Waals surface area contributed by atoms with Crippen LogP contribution in [0.4, 0.5) is 4.79 Å². The smallest absolute Gasteiger partial charge is 0.324 e. The molecule has 0 saturated heterocycles. The molecule has 5 nitrogen and oxygen atoms in total. The fourth-order valence-electron chi connectivity index (χ4n) is 6.60. The Morgan fingerprint density at radius 1 is 1.12 bits per heavy atom. The Balaban J connectivity index is 1.44. The van der Waals surface area contributed by atoms with Gasteiger partial charge in [-0.2, -0.15) is 0 Å². The Morgan fingerprint density at radius 3 is 2.35 bits per heavy atom. The number of ketones is 1. The molecule has 4 aliphatic carbocycles. The molecular weight excluding hydrogens is 328 g/mol. The molecule has 0 aromatic carbocycles. The molecule has 4 atom stereocenters. The van der Waals surface area contributed by atoms with Crippen LogP contribution in [0, 0.1) is 27.6 Å². The molecule has 4 bridgehead atoms. The molecule has 4 aliphatic rings. The van der Waals surface area contributed by atoms with Crippen molar-refractivity contribution in [1.82, 2.24) is 10.8 Å². The number of fused-ring (bicyclic) bond motifs is 4. The van der Waals surface area contributed by atoms with Gasteiger partial charge in [-0.05, 0) is 54.4 Å². The van der Waals surface area contributed by atoms with E-state index in [-0.39, 0.29) is 33.5 Å². The van der Waals surface area contributed by atoms with Crippen LogP contribution in [0.5, 0.6) is 0 Å². The van der Waals surface area contributed by atoms with Gasteiger partial charge < -0.3 is 10.2 Å². The lowest BCUT2D eigenvalue weighted by molar-refractivity contribution is -0.127. The maximum Gasteiger partial charge on any atom is 0.431 e. The molecule has 4 unspecified atom stereocenters. The Kier molecular flexibility index (Phi) is 3.47. The molecule has 1 amide bonds. The molecular formula is C21H32N2O3. The zero-order valence-corrected chi connectivity index (χ0v) is 16.9. The normalized spacial score (nSPS) is 41.7. The molecule has 0 heterocycles. The lowest BCUT2D eigenvalue weighted by Crippen LogP contribution is -2.53. The van der Waals surface area contributed by atoms with Crippen LogP contribution in [0.1, 0.15) is 73.6 Å². The molecule has 3 fully saturated rings. The highest BCUT2D eigenvalue weighted by molar-refractivity contribution is 6.05. The minimum absolute atomic E-state index is 0.0729. The van der Waals surface area contributed by atoms with E-state index in [4.69, 9.17) is 4.84 Å². The highest BCUT2D eigenvalue weighted by Crippen LogP contribution is 2.63. The van der Waals surface area contributed by atoms with Gasteiger partial charge in [-0.15, -0.1) is 0 Å². The first-order chi connectivity index (χ1) is 11.9. The molecule has 3 saturated carbocycles. The second-order valence-corrected chi connectivity index (χ2v) is 10.6. The fraction of sp³-hybridized carbons (Fsp3) is 0.810. The minimum atomic E-state index is -0.483. The first-order valence-electron chi connectivity index (χ1n) is 9.95. The summed E-state index contributed by atoms with van der Waals surface area (Å²) < 4.78 is 0. The monoisotopic (exact) mass is 360 g/mol. The maximum absolute atomic E-state index is 12.8. The van der Waals surface area contributed by atoms with E-state index in [1.807, 2.05) is 6.92 Å². The number of rotatable bonds is 3. The Morgan fingerprint density at radius 2 is 1.81 bits per heavy atom. The number of Topliss-reactive ketones (excluding diaryl/α,β-unsaturated/α-hetero) is 1. The van der Waals surface area contributed by atoms with Crippen molar-refractivity contribution in [2.24, 2.45) is 27.6 Å². The first-order valence-corrected chi connectivity index (χ1v) is 9.95. The van der Waals surface area contributed by atoms with E-state index in [1.54, 1.807) is 0 Å². The van der Waals surface area contributed by atoms with E-state index < -0.39 is 6.09 Å². The van der Waals surface area contributed by atoms with Gasteiger partial charge in [0, 0.05) is 16.9 Å². The van der Waals surface area contributed by atoms with Crippen molar-refractivity contribution < 1.29 is 14.4 Å². The van der Waals surface area contributed by atoms with Crippen molar-refractivity contribution >= 4 is 11.9 Å². The van der Waals surface area contributed by atoms with E-state index in [9.17, 15) is 9.59 Å². The summed E-state index contributed by atoms with van der Waals surface area (Å²) in [7, 11) is 0. The van der Waals surface area contributed by atoms with Gasteiger partial charge in [0.25, 0.3) is 0 Å². The van der Waals surface area contributed by atoms with Crippen molar-refractivity contribution in [3.05, 3.63) is 11.3 Å². The van der Waals surface area contributed by atoms with Gasteiger partial charge >= 0.3 is 6.09 Å². The zero-order valence-electron chi connectivity index (χ0n) is 16.9. The van der Waals surface area contributed by atoms with E-state index >= 15 is 0 Å². The summed E-state index contributed by atoms with van der Waals surface area (Å²) in [5, 5.41) is 3.10. The quantitative estimate of drug-likeness (QED) is 0.744. The van der Waals surface area contributed by atoms with Crippen LogP contribution >= 0.6 is 0 Å². The van der Waals surface area contributed by atoms with E-state index in [2.05, 4.69) is 45.4 Å². The van der Waals surface area contributed by atoms with Gasteiger partial charge in [0.15, 0.2) is 5.78 Å². The highest BCUT2D eigenvalue weighted by atomic mass is 16.7. The molecule has 0 radical (unpaired) electrons. The number of carbonyl (C=O) groups excluding carboxylic acids is 2. The summed E-state index contributed by atoms with van der Waals surface area (Å²) >= 11 is 0. The third-order valence-corrected chi connectivity index (χ3v) is 8.82. The zero-order chi connectivity index (χ0) is 19.1. The number of nitrogens with one attached hydrogen (secondary N) is 2. The average molecular weight is 360 g/mol. The van der Waals surface area contributed by atoms with Gasteiger partial charge in [0.2, 0.25) is 0 Å². The second kappa shape index (κ2) is 5.05. The third kappa shape index (κ3) is 2.03. The molecule has 4 rings (SSSR count). The van der Waals surface area contributed by atoms with E-state index in [0.717, 1.165) is 24.8 Å². The summed E-state index contributed by atoms with van der Waals surface area (Å²) in [6.07, 6.45) is 4.84. The van der Waals surface area contributed by atoms with Crippen molar-refractivity contribution in [3.63, 3.8) is 0 Å². The van der Waals surface area contributed by atoms with Crippen LogP contribution in [-0.2, 0) is 9.63 Å². The van der Waals surface area contributed by atoms with Crippen molar-refractivity contribution in [2.45, 2.75) is 79.7 Å². The third-order valence-electron chi connectivity index (χ3n) is 8.82. The van der Waals surface area contributed by atoms with Crippen molar-refractivity contribution in [3.8, 4) is 0 Å². The molecule has 26 heavy (non-hydrogen) atoms. The summed E-state index contributed by atoms with van der Waals surface area (Å²) in [6.45, 7) is 13.0. The van der Waals surface area contributed by atoms with Crippen LogP contribution in [0.15, 0.2) is 11.3 Å². The van der Waals surface area contributed by atoms with Crippen LogP contribution in [0.3, 0.4) is 0 Å². The predicted octanol–water partition coefficient (Wildman–Crippen LogP) is 4.10. The van der Waals surface area contributed by atoms with Gasteiger partial charge in [0.05, 0.1) is 0 Å². The van der Waals surface area contributed by atoms with E-state index in [0.29, 0.717) is 11.6 Å². The first kappa shape index (κ1) is 17.9. The highest BCUT2D eigenvalue weighted by Gasteiger charge is 2.61. The van der Waals surface area contributed by atoms with Crippen LogP contribution in [0.2, 0.25) is 0 Å². The molecule has 0 spiro atoms. The maximum atomic E-state index is 12.8. The summed E-state index contributed by atoms with van der Waals surface area (Å²) in [6, 6.07) is 0.102. The standard InChI is InChI=1S/C21H32N2O3/c1-18(2)12-7-9-20(5,11-12)16(18)22-17(25)26-23-14-13-8-10-21(6,15(14)24)19(13,3)4/h12,16,23H,7-11H2,1-6H3,(H,22,25). The molecule has 0 aliphatic heterocycles. The summed E-state index contributed by atoms with van der Waals surface area (Å²) in [5.41, 5.74) is 3.97. The molecule has 144 valence electrons. The fourth-order valence-corrected chi connectivity index (χ4v) is 6.60. The minimum Gasteiger partial charge on any atom is -0.324 e. The number of carbonyl (C=O) groups is 2. The SMILES string of the molecule is CC12CCC(C1)C(C)(C)C2NC(=O)ONC1=C2CCC(C)(C1=O)C2(C)C. The second-order valence-electron chi connectivity index (χ2n) is 10.6.